The zero-order valence-corrected chi connectivity index (χ0v) is 17.7. The lowest BCUT2D eigenvalue weighted by molar-refractivity contribution is -0.170. The minimum Gasteiger partial charge on any atom is -0.392 e. The number of aromatic nitrogens is 2. The van der Waals surface area contributed by atoms with E-state index in [1.54, 1.807) is 4.90 Å². The van der Waals surface area contributed by atoms with E-state index in [0.717, 1.165) is 51.0 Å². The Hall–Kier alpha value is -2.22. The van der Waals surface area contributed by atoms with Crippen LogP contribution in [-0.4, -0.2) is 74.0 Å². The quantitative estimate of drug-likeness (QED) is 0.786. The average molecular weight is 423 g/mol. The van der Waals surface area contributed by atoms with Gasteiger partial charge >= 0.3 is 0 Å². The summed E-state index contributed by atoms with van der Waals surface area (Å²) in [5, 5.41) is 22.0. The fourth-order valence-electron chi connectivity index (χ4n) is 6.57. The van der Waals surface area contributed by atoms with E-state index in [0.29, 0.717) is 13.0 Å². The van der Waals surface area contributed by atoms with Crippen LogP contribution in [0.1, 0.15) is 43.7 Å². The first kappa shape index (κ1) is 19.5. The van der Waals surface area contributed by atoms with E-state index in [4.69, 9.17) is 0 Å². The van der Waals surface area contributed by atoms with Crippen molar-refractivity contribution in [3.63, 3.8) is 0 Å². The van der Waals surface area contributed by atoms with Crippen LogP contribution < -0.4 is 0 Å². The number of imidazole rings is 1. The summed E-state index contributed by atoms with van der Waals surface area (Å²) in [6, 6.07) is 8.63. The van der Waals surface area contributed by atoms with Crippen LogP contribution >= 0.6 is 0 Å². The van der Waals surface area contributed by atoms with Gasteiger partial charge in [-0.3, -0.25) is 9.69 Å². The molecule has 4 atom stereocenters. The van der Waals surface area contributed by atoms with Crippen LogP contribution in [0.25, 0.3) is 11.3 Å². The molecule has 31 heavy (non-hydrogen) atoms. The Morgan fingerprint density at radius 2 is 2.00 bits per heavy atom. The molecule has 1 saturated carbocycles. The highest BCUT2D eigenvalue weighted by Crippen LogP contribution is 2.59. The van der Waals surface area contributed by atoms with Crippen LogP contribution in [0.4, 0.5) is 0 Å². The Morgan fingerprint density at radius 1 is 1.19 bits per heavy atom. The second kappa shape index (κ2) is 7.15. The molecule has 0 radical (unpaired) electrons. The maximum Gasteiger partial charge on any atom is 0.222 e. The number of hydrogen-bond acceptors (Lipinski definition) is 5. The molecule has 164 valence electrons. The fourth-order valence-corrected chi connectivity index (χ4v) is 6.57. The van der Waals surface area contributed by atoms with E-state index in [1.165, 1.54) is 11.1 Å². The van der Waals surface area contributed by atoms with Gasteiger partial charge in [-0.15, -0.1) is 0 Å². The Balaban J connectivity index is 1.12. The first-order valence-electron chi connectivity index (χ1n) is 11.6. The Kier molecular flexibility index (Phi) is 4.49. The minimum absolute atomic E-state index is 0.0529. The number of β-amino-alcohol motifs (C(OH)–C–C–N with tert-alkyl or cyclic N) is 1. The van der Waals surface area contributed by atoms with Gasteiger partial charge in [-0.05, 0) is 36.7 Å². The summed E-state index contributed by atoms with van der Waals surface area (Å²) in [4.78, 5) is 20.1. The van der Waals surface area contributed by atoms with Crippen LogP contribution in [0.2, 0.25) is 0 Å². The molecule has 3 aliphatic heterocycles. The average Bonchev–Trinajstić information content (AvgIpc) is 3.49. The molecule has 1 aromatic heterocycles. The van der Waals surface area contributed by atoms with Gasteiger partial charge in [0.25, 0.3) is 0 Å². The molecule has 2 saturated heterocycles. The summed E-state index contributed by atoms with van der Waals surface area (Å²) in [6.07, 6.45) is 7.14. The van der Waals surface area contributed by atoms with E-state index < -0.39 is 6.23 Å². The molecule has 4 heterocycles. The van der Waals surface area contributed by atoms with E-state index >= 15 is 0 Å². The third kappa shape index (κ3) is 2.90. The Morgan fingerprint density at radius 3 is 2.74 bits per heavy atom. The van der Waals surface area contributed by atoms with Crippen molar-refractivity contribution in [3.05, 3.63) is 42.4 Å². The summed E-state index contributed by atoms with van der Waals surface area (Å²) in [6.45, 7) is 2.70. The molecule has 4 aliphatic rings. The predicted molar refractivity (Wildman–Crippen MR) is 115 cm³/mol. The number of carbonyl (C=O) groups excluding carboxylic acids is 1. The topological polar surface area (TPSA) is 81.8 Å². The molecule has 1 amide bonds. The van der Waals surface area contributed by atoms with E-state index in [9.17, 15) is 15.0 Å². The second-order valence-corrected chi connectivity index (χ2v) is 9.85. The summed E-state index contributed by atoms with van der Waals surface area (Å²) >= 11 is 0. The van der Waals surface area contributed by atoms with Crippen LogP contribution in [0.3, 0.4) is 0 Å². The maximum atomic E-state index is 11.9. The molecule has 1 aromatic carbocycles. The van der Waals surface area contributed by atoms with Crippen LogP contribution in [0.15, 0.2) is 36.8 Å². The van der Waals surface area contributed by atoms with Gasteiger partial charge in [0.2, 0.25) is 5.91 Å². The van der Waals surface area contributed by atoms with Crippen molar-refractivity contribution in [1.82, 2.24) is 19.4 Å². The van der Waals surface area contributed by atoms with E-state index in [-0.39, 0.29) is 29.4 Å². The van der Waals surface area contributed by atoms with Gasteiger partial charge in [0.05, 0.1) is 36.9 Å². The number of rotatable bonds is 4. The Labute approximate surface area is 182 Å². The highest BCUT2D eigenvalue weighted by molar-refractivity contribution is 5.78. The van der Waals surface area contributed by atoms with Gasteiger partial charge in [-0.2, -0.15) is 0 Å². The smallest absolute Gasteiger partial charge is 0.222 e. The number of benzene rings is 1. The number of fused-ring (bicyclic) bond motifs is 3. The van der Waals surface area contributed by atoms with Crippen LogP contribution in [0.5, 0.6) is 0 Å². The molecule has 2 N–H and O–H groups in total. The van der Waals surface area contributed by atoms with Crippen molar-refractivity contribution in [2.75, 3.05) is 26.2 Å². The molecular formula is C24H30N4O3. The van der Waals surface area contributed by atoms with Crippen molar-refractivity contribution in [2.45, 2.75) is 50.5 Å². The number of aliphatic hydroxyl groups is 2. The lowest BCUT2D eigenvalue weighted by atomic mass is 9.53. The highest BCUT2D eigenvalue weighted by atomic mass is 16.3. The van der Waals surface area contributed by atoms with Crippen molar-refractivity contribution >= 4 is 5.91 Å². The predicted octanol–water partition coefficient (Wildman–Crippen LogP) is 1.86. The number of nitrogens with zero attached hydrogens (tertiary/aromatic N) is 4. The molecular weight excluding hydrogens is 392 g/mol. The van der Waals surface area contributed by atoms with Gasteiger partial charge in [0, 0.05) is 37.5 Å². The molecule has 1 spiro atoms. The van der Waals surface area contributed by atoms with Crippen molar-refractivity contribution < 1.29 is 15.0 Å². The molecule has 7 nitrogen and oxygen atoms in total. The van der Waals surface area contributed by atoms with Gasteiger partial charge in [-0.1, -0.05) is 24.3 Å². The molecule has 3 fully saturated rings. The Bertz CT molecular complexity index is 996. The van der Waals surface area contributed by atoms with Crippen molar-refractivity contribution in [1.29, 1.82) is 0 Å². The molecule has 0 bridgehead atoms. The minimum atomic E-state index is -0.609. The maximum absolute atomic E-state index is 11.9. The first-order chi connectivity index (χ1) is 15.1. The number of carbonyl (C=O) groups is 1. The summed E-state index contributed by atoms with van der Waals surface area (Å²) in [7, 11) is 0. The fraction of sp³-hybridized carbons (Fsp3) is 0.583. The lowest BCUT2D eigenvalue weighted by Gasteiger charge is -2.58. The SMILES string of the molecule is O=C1CCCN1CC(O)N1CCC2(CC1)CC(C1c3ccccc3-c3cncn31)C2O. The second-order valence-electron chi connectivity index (χ2n) is 9.85. The number of likely N-dealkylation sites (tertiary alicyclic amines) is 2. The van der Waals surface area contributed by atoms with Crippen LogP contribution in [-0.2, 0) is 4.79 Å². The molecule has 1 aliphatic carbocycles. The largest absolute Gasteiger partial charge is 0.392 e. The number of aliphatic hydroxyl groups excluding tert-OH is 2. The molecule has 6 rings (SSSR count). The summed E-state index contributed by atoms with van der Waals surface area (Å²) < 4.78 is 2.23. The molecule has 7 heteroatoms. The number of amides is 1. The van der Waals surface area contributed by atoms with Gasteiger partial charge < -0.3 is 19.7 Å². The standard InChI is InChI=1S/C24H30N4O3/c29-20-6-3-9-27(20)14-21(30)26-10-7-24(8-11-26)12-18(23(24)31)22-17-5-2-1-4-16(17)19-13-25-15-28(19)22/h1-2,4-5,13,15,18,21-23,30-31H,3,6-12,14H2. The van der Waals surface area contributed by atoms with Gasteiger partial charge in [0.1, 0.15) is 6.23 Å². The highest BCUT2D eigenvalue weighted by Gasteiger charge is 2.58. The van der Waals surface area contributed by atoms with Gasteiger partial charge in [0.15, 0.2) is 0 Å². The third-order valence-corrected chi connectivity index (χ3v) is 8.37. The monoisotopic (exact) mass is 422 g/mol. The van der Waals surface area contributed by atoms with Gasteiger partial charge in [-0.25, -0.2) is 4.98 Å². The van der Waals surface area contributed by atoms with Crippen LogP contribution in [0, 0.1) is 11.3 Å². The summed E-state index contributed by atoms with van der Waals surface area (Å²) in [5.74, 6) is 0.343. The molecule has 2 aromatic rings. The van der Waals surface area contributed by atoms with Crippen molar-refractivity contribution in [3.8, 4) is 11.3 Å². The molecule has 4 unspecified atom stereocenters. The van der Waals surface area contributed by atoms with Crippen molar-refractivity contribution in [2.24, 2.45) is 11.3 Å². The zero-order valence-electron chi connectivity index (χ0n) is 17.7. The zero-order chi connectivity index (χ0) is 21.2. The third-order valence-electron chi connectivity index (χ3n) is 8.37. The summed E-state index contributed by atoms with van der Waals surface area (Å²) in [5.41, 5.74) is 3.61. The van der Waals surface area contributed by atoms with E-state index in [1.807, 2.05) is 12.5 Å². The lowest BCUT2D eigenvalue weighted by Crippen LogP contribution is -2.60. The first-order valence-corrected chi connectivity index (χ1v) is 11.6. The number of piperidine rings is 1. The van der Waals surface area contributed by atoms with E-state index in [2.05, 4.69) is 38.7 Å². The number of hydrogen-bond donors (Lipinski definition) is 2. The normalized spacial score (nSPS) is 30.3.